The van der Waals surface area contributed by atoms with Crippen molar-refractivity contribution in [2.75, 3.05) is 18.4 Å². The second kappa shape index (κ2) is 10.4. The number of amides is 2. The molecule has 0 aliphatic rings. The van der Waals surface area contributed by atoms with Crippen molar-refractivity contribution >= 4 is 40.6 Å². The number of benzene rings is 2. The number of nitrogens with zero attached hydrogens (tertiary/aromatic N) is 2. The predicted octanol–water partition coefficient (Wildman–Crippen LogP) is 5.48. The molecule has 3 aromatic rings. The normalized spacial score (nSPS) is 10.6. The number of hydrogen-bond donors (Lipinski definition) is 1. The summed E-state index contributed by atoms with van der Waals surface area (Å²) >= 11 is 3.23. The maximum absolute atomic E-state index is 12.9. The summed E-state index contributed by atoms with van der Waals surface area (Å²) < 4.78 is 0. The van der Waals surface area contributed by atoms with E-state index in [0.29, 0.717) is 29.9 Å². The zero-order chi connectivity index (χ0) is 21.5. The molecule has 0 radical (unpaired) electrons. The molecule has 0 aliphatic heterocycles. The molecule has 3 rings (SSSR count). The van der Waals surface area contributed by atoms with Gasteiger partial charge in [-0.2, -0.15) is 0 Å². The SMILES string of the molecule is CCN(CC)C(=O)c1ccc(NC(=O)c2ccccc2SCc2csc(C)n2)cc1. The van der Waals surface area contributed by atoms with Crippen LogP contribution < -0.4 is 5.32 Å². The summed E-state index contributed by atoms with van der Waals surface area (Å²) in [7, 11) is 0. The van der Waals surface area contributed by atoms with Gasteiger partial charge in [0, 0.05) is 40.4 Å². The molecule has 0 saturated carbocycles. The summed E-state index contributed by atoms with van der Waals surface area (Å²) in [4.78, 5) is 32.4. The standard InChI is InChI=1S/C23H25N3O2S2/c1-4-26(5-2)23(28)17-10-12-18(13-11-17)25-22(27)20-8-6-7-9-21(20)30-15-19-14-29-16(3)24-19/h6-14H,4-5,15H2,1-3H3,(H,25,27). The Morgan fingerprint density at radius 3 is 2.40 bits per heavy atom. The van der Waals surface area contributed by atoms with E-state index in [0.717, 1.165) is 21.3 Å². The number of hydrogen-bond acceptors (Lipinski definition) is 5. The third-order valence-corrected chi connectivity index (χ3v) is 6.54. The Morgan fingerprint density at radius 2 is 1.77 bits per heavy atom. The van der Waals surface area contributed by atoms with Crippen molar-refractivity contribution in [3.05, 3.63) is 75.7 Å². The van der Waals surface area contributed by atoms with E-state index in [1.54, 1.807) is 52.3 Å². The van der Waals surface area contributed by atoms with Crippen LogP contribution in [0.1, 0.15) is 45.3 Å². The van der Waals surface area contributed by atoms with Crippen LogP contribution in [0.15, 0.2) is 58.8 Å². The molecule has 0 spiro atoms. The summed E-state index contributed by atoms with van der Waals surface area (Å²) in [5.74, 6) is 0.545. The highest BCUT2D eigenvalue weighted by Crippen LogP contribution is 2.27. The lowest BCUT2D eigenvalue weighted by Gasteiger charge is -2.18. The third kappa shape index (κ3) is 5.49. The first-order chi connectivity index (χ1) is 14.5. The van der Waals surface area contributed by atoms with Gasteiger partial charge in [0.2, 0.25) is 0 Å². The molecule has 1 N–H and O–H groups in total. The highest BCUT2D eigenvalue weighted by Gasteiger charge is 2.14. The van der Waals surface area contributed by atoms with Crippen LogP contribution in [0.5, 0.6) is 0 Å². The van der Waals surface area contributed by atoms with Crippen LogP contribution in [-0.4, -0.2) is 34.8 Å². The maximum Gasteiger partial charge on any atom is 0.256 e. The number of aromatic nitrogens is 1. The van der Waals surface area contributed by atoms with E-state index in [1.807, 2.05) is 50.4 Å². The minimum Gasteiger partial charge on any atom is -0.339 e. The van der Waals surface area contributed by atoms with Crippen LogP contribution in [0.25, 0.3) is 0 Å². The molecule has 2 aromatic carbocycles. The first-order valence-corrected chi connectivity index (χ1v) is 11.7. The van der Waals surface area contributed by atoms with Gasteiger partial charge in [0.25, 0.3) is 11.8 Å². The average Bonchev–Trinajstić information content (AvgIpc) is 3.19. The largest absolute Gasteiger partial charge is 0.339 e. The Labute approximate surface area is 185 Å². The number of carbonyl (C=O) groups excluding carboxylic acids is 2. The summed E-state index contributed by atoms with van der Waals surface area (Å²) in [6, 6.07) is 14.6. The second-order valence-electron chi connectivity index (χ2n) is 6.65. The lowest BCUT2D eigenvalue weighted by atomic mass is 10.1. The lowest BCUT2D eigenvalue weighted by Crippen LogP contribution is -2.30. The van der Waals surface area contributed by atoms with Gasteiger partial charge in [0.05, 0.1) is 16.3 Å². The molecule has 156 valence electrons. The molecule has 0 saturated heterocycles. The molecule has 1 aromatic heterocycles. The molecule has 0 bridgehead atoms. The van der Waals surface area contributed by atoms with Crippen molar-refractivity contribution in [2.24, 2.45) is 0 Å². The van der Waals surface area contributed by atoms with Gasteiger partial charge in [-0.25, -0.2) is 4.98 Å². The molecule has 1 heterocycles. The number of carbonyl (C=O) groups is 2. The van der Waals surface area contributed by atoms with E-state index >= 15 is 0 Å². The van der Waals surface area contributed by atoms with Crippen molar-refractivity contribution in [2.45, 2.75) is 31.4 Å². The van der Waals surface area contributed by atoms with E-state index in [4.69, 9.17) is 0 Å². The lowest BCUT2D eigenvalue weighted by molar-refractivity contribution is 0.0773. The highest BCUT2D eigenvalue weighted by molar-refractivity contribution is 7.98. The Kier molecular flexibility index (Phi) is 7.65. The Balaban J connectivity index is 1.68. The summed E-state index contributed by atoms with van der Waals surface area (Å²) in [5, 5.41) is 6.02. The number of anilines is 1. The van der Waals surface area contributed by atoms with Crippen LogP contribution in [0.2, 0.25) is 0 Å². The first-order valence-electron chi connectivity index (χ1n) is 9.85. The molecule has 0 atom stereocenters. The molecular formula is C23H25N3O2S2. The van der Waals surface area contributed by atoms with Gasteiger partial charge in [0.1, 0.15) is 0 Å². The molecule has 2 amide bonds. The molecule has 7 heteroatoms. The van der Waals surface area contributed by atoms with Crippen molar-refractivity contribution in [1.82, 2.24) is 9.88 Å². The third-order valence-electron chi connectivity index (χ3n) is 4.61. The van der Waals surface area contributed by atoms with Gasteiger partial charge in [-0.3, -0.25) is 9.59 Å². The summed E-state index contributed by atoms with van der Waals surface area (Å²) in [5.41, 5.74) is 2.92. The van der Waals surface area contributed by atoms with E-state index in [1.165, 1.54) is 0 Å². The predicted molar refractivity (Wildman–Crippen MR) is 125 cm³/mol. The van der Waals surface area contributed by atoms with Crippen molar-refractivity contribution < 1.29 is 9.59 Å². The fourth-order valence-electron chi connectivity index (χ4n) is 2.99. The maximum atomic E-state index is 12.9. The fraction of sp³-hybridized carbons (Fsp3) is 0.261. The van der Waals surface area contributed by atoms with E-state index < -0.39 is 0 Å². The van der Waals surface area contributed by atoms with Gasteiger partial charge in [-0.15, -0.1) is 23.1 Å². The Bertz CT molecular complexity index is 1010. The van der Waals surface area contributed by atoms with E-state index in [9.17, 15) is 9.59 Å². The topological polar surface area (TPSA) is 62.3 Å². The molecule has 0 fully saturated rings. The van der Waals surface area contributed by atoms with Gasteiger partial charge < -0.3 is 10.2 Å². The van der Waals surface area contributed by atoms with E-state index in [-0.39, 0.29) is 11.8 Å². The van der Waals surface area contributed by atoms with Crippen LogP contribution in [0, 0.1) is 6.92 Å². The summed E-state index contributed by atoms with van der Waals surface area (Å²) in [6.07, 6.45) is 0. The second-order valence-corrected chi connectivity index (χ2v) is 8.73. The molecular weight excluding hydrogens is 414 g/mol. The van der Waals surface area contributed by atoms with Crippen molar-refractivity contribution in [3.8, 4) is 0 Å². The number of rotatable bonds is 8. The quantitative estimate of drug-likeness (QED) is 0.472. The number of aryl methyl sites for hydroxylation is 1. The van der Waals surface area contributed by atoms with Gasteiger partial charge in [0.15, 0.2) is 0 Å². The van der Waals surface area contributed by atoms with Crippen molar-refractivity contribution in [3.63, 3.8) is 0 Å². The minimum atomic E-state index is -0.171. The van der Waals surface area contributed by atoms with Crippen molar-refractivity contribution in [1.29, 1.82) is 0 Å². The molecule has 30 heavy (non-hydrogen) atoms. The number of nitrogens with one attached hydrogen (secondary N) is 1. The number of thiazole rings is 1. The smallest absolute Gasteiger partial charge is 0.256 e. The average molecular weight is 440 g/mol. The van der Waals surface area contributed by atoms with Crippen LogP contribution >= 0.6 is 23.1 Å². The van der Waals surface area contributed by atoms with Gasteiger partial charge >= 0.3 is 0 Å². The highest BCUT2D eigenvalue weighted by atomic mass is 32.2. The fourth-order valence-corrected chi connectivity index (χ4v) is 4.65. The zero-order valence-electron chi connectivity index (χ0n) is 17.3. The molecule has 0 unspecified atom stereocenters. The number of thioether (sulfide) groups is 1. The molecule has 0 aliphatic carbocycles. The van der Waals surface area contributed by atoms with E-state index in [2.05, 4.69) is 10.3 Å². The monoisotopic (exact) mass is 439 g/mol. The minimum absolute atomic E-state index is 0.00287. The Hall–Kier alpha value is -2.64. The van der Waals surface area contributed by atoms with Crippen LogP contribution in [0.4, 0.5) is 5.69 Å². The first kappa shape index (κ1) is 22.1. The molecule has 5 nitrogen and oxygen atoms in total. The van der Waals surface area contributed by atoms with Crippen LogP contribution in [0.3, 0.4) is 0 Å². The van der Waals surface area contributed by atoms with Gasteiger partial charge in [-0.1, -0.05) is 12.1 Å². The Morgan fingerprint density at radius 1 is 1.07 bits per heavy atom. The zero-order valence-corrected chi connectivity index (χ0v) is 19.0. The van der Waals surface area contributed by atoms with Crippen LogP contribution in [-0.2, 0) is 5.75 Å². The summed E-state index contributed by atoms with van der Waals surface area (Å²) in [6.45, 7) is 7.24. The van der Waals surface area contributed by atoms with Gasteiger partial charge in [-0.05, 0) is 57.2 Å².